The molecule has 5 rings (SSSR count). The Bertz CT molecular complexity index is 1120. The summed E-state index contributed by atoms with van der Waals surface area (Å²) < 4.78 is 7.99. The third-order valence-electron chi connectivity index (χ3n) is 5.92. The van der Waals surface area contributed by atoms with Gasteiger partial charge in [0.25, 0.3) is 11.5 Å². The number of morpholine rings is 1. The van der Waals surface area contributed by atoms with Crippen LogP contribution in [0.15, 0.2) is 17.1 Å². The first-order chi connectivity index (χ1) is 15.0. The summed E-state index contributed by atoms with van der Waals surface area (Å²) >= 11 is 0. The second-order valence-corrected chi connectivity index (χ2v) is 8.41. The molecule has 2 saturated carbocycles. The number of carbonyl (C=O) groups is 2. The summed E-state index contributed by atoms with van der Waals surface area (Å²) in [5, 5.41) is 17.9. The van der Waals surface area contributed by atoms with Crippen LogP contribution < -0.4 is 10.9 Å². The van der Waals surface area contributed by atoms with Crippen molar-refractivity contribution in [3.63, 3.8) is 0 Å². The molecule has 2 amide bonds. The number of carbonyl (C=O) groups excluding carboxylic acids is 2. The molecule has 0 aromatic carbocycles. The summed E-state index contributed by atoms with van der Waals surface area (Å²) in [7, 11) is 0. The lowest BCUT2D eigenvalue weighted by molar-refractivity contribution is -0.129. The van der Waals surface area contributed by atoms with E-state index in [0.29, 0.717) is 50.0 Å². The van der Waals surface area contributed by atoms with Gasteiger partial charge in [-0.25, -0.2) is 0 Å². The molecule has 2 aromatic rings. The summed E-state index contributed by atoms with van der Waals surface area (Å²) in [6.45, 7) is 2.56. The molecule has 0 unspecified atom stereocenters. The van der Waals surface area contributed by atoms with Crippen molar-refractivity contribution in [1.29, 1.82) is 0 Å². The molecule has 1 aliphatic heterocycles. The van der Waals surface area contributed by atoms with Crippen LogP contribution in [-0.2, 0) is 16.1 Å². The van der Waals surface area contributed by atoms with Crippen LogP contribution in [0.25, 0.3) is 11.7 Å². The minimum Gasteiger partial charge on any atom is -0.494 e. The topological polar surface area (TPSA) is 118 Å². The number of aromatic nitrogens is 3. The van der Waals surface area contributed by atoms with Crippen LogP contribution >= 0.6 is 0 Å². The van der Waals surface area contributed by atoms with Crippen molar-refractivity contribution in [1.82, 2.24) is 24.4 Å². The number of fused-ring (bicyclic) bond motifs is 1. The molecule has 3 aliphatic rings. The van der Waals surface area contributed by atoms with E-state index in [-0.39, 0.29) is 23.4 Å². The van der Waals surface area contributed by atoms with Crippen molar-refractivity contribution >= 4 is 23.5 Å². The molecule has 3 heterocycles. The van der Waals surface area contributed by atoms with Crippen molar-refractivity contribution in [3.8, 4) is 5.88 Å². The van der Waals surface area contributed by atoms with Gasteiger partial charge in [-0.05, 0) is 37.7 Å². The maximum absolute atomic E-state index is 13.0. The average molecular weight is 427 g/mol. The predicted octanol–water partition coefficient (Wildman–Crippen LogP) is 0.376. The second kappa shape index (κ2) is 7.84. The molecule has 0 radical (unpaired) electrons. The first-order valence-corrected chi connectivity index (χ1v) is 10.7. The molecule has 164 valence electrons. The number of nitrogens with zero attached hydrogens (tertiary/aromatic N) is 4. The standard InChI is InChI=1S/C21H25N5O5/c27-16(24-7-9-31-10-8-24)6-3-14-11-22-26-19(14)25(12-13-1-2-13)20(29)17(21(26)30)18(28)23-15-4-5-15/h3,6,11,13,15,29H,1-2,4-5,7-10,12H2,(H,23,28)/b6-3+. The van der Waals surface area contributed by atoms with E-state index in [9.17, 15) is 19.5 Å². The number of amides is 2. The monoisotopic (exact) mass is 427 g/mol. The Labute approximate surface area is 178 Å². The minimum absolute atomic E-state index is 0.0567. The lowest BCUT2D eigenvalue weighted by Crippen LogP contribution is -2.39. The number of hydrogen-bond acceptors (Lipinski definition) is 6. The molecule has 0 spiro atoms. The summed E-state index contributed by atoms with van der Waals surface area (Å²) in [5.41, 5.74) is -0.0489. The molecule has 2 aliphatic carbocycles. The molecule has 10 nitrogen and oxygen atoms in total. The van der Waals surface area contributed by atoms with Gasteiger partial charge in [0.05, 0.1) is 19.4 Å². The van der Waals surface area contributed by atoms with Crippen LogP contribution in [0.3, 0.4) is 0 Å². The van der Waals surface area contributed by atoms with Gasteiger partial charge >= 0.3 is 0 Å². The molecule has 10 heteroatoms. The van der Waals surface area contributed by atoms with E-state index in [1.165, 1.54) is 12.3 Å². The van der Waals surface area contributed by atoms with E-state index in [1.807, 2.05) is 0 Å². The average Bonchev–Trinajstić information content (AvgIpc) is 3.70. The van der Waals surface area contributed by atoms with Crippen LogP contribution in [0.5, 0.6) is 5.88 Å². The zero-order valence-electron chi connectivity index (χ0n) is 17.1. The van der Waals surface area contributed by atoms with E-state index in [4.69, 9.17) is 4.74 Å². The molecule has 3 fully saturated rings. The molecular formula is C21H25N5O5. The maximum Gasteiger partial charge on any atom is 0.291 e. The zero-order chi connectivity index (χ0) is 21.5. The maximum atomic E-state index is 13.0. The van der Waals surface area contributed by atoms with Crippen LogP contribution in [-0.4, -0.2) is 68.3 Å². The van der Waals surface area contributed by atoms with Crippen molar-refractivity contribution in [3.05, 3.63) is 33.8 Å². The van der Waals surface area contributed by atoms with Gasteiger partial charge in [-0.1, -0.05) is 0 Å². The van der Waals surface area contributed by atoms with Crippen LogP contribution in [0.1, 0.15) is 41.6 Å². The van der Waals surface area contributed by atoms with Gasteiger partial charge in [-0.2, -0.15) is 9.61 Å². The fraction of sp³-hybridized carbons (Fsp3) is 0.524. The largest absolute Gasteiger partial charge is 0.494 e. The number of ether oxygens (including phenoxy) is 1. The minimum atomic E-state index is -0.670. The highest BCUT2D eigenvalue weighted by Crippen LogP contribution is 2.34. The first-order valence-electron chi connectivity index (χ1n) is 10.7. The van der Waals surface area contributed by atoms with Crippen molar-refractivity contribution in [2.45, 2.75) is 38.3 Å². The van der Waals surface area contributed by atoms with Gasteiger partial charge < -0.3 is 20.1 Å². The van der Waals surface area contributed by atoms with E-state index < -0.39 is 11.5 Å². The summed E-state index contributed by atoms with van der Waals surface area (Å²) in [6, 6.07) is 0.0567. The fourth-order valence-corrected chi connectivity index (χ4v) is 3.79. The van der Waals surface area contributed by atoms with Crippen molar-refractivity contribution < 1.29 is 19.4 Å². The number of aromatic hydroxyl groups is 1. The Morgan fingerprint density at radius 2 is 1.97 bits per heavy atom. The number of hydrogen-bond donors (Lipinski definition) is 2. The quantitative estimate of drug-likeness (QED) is 0.644. The lowest BCUT2D eigenvalue weighted by atomic mass is 10.2. The Balaban J connectivity index is 1.54. The molecule has 1 saturated heterocycles. The first kappa shape index (κ1) is 19.8. The van der Waals surface area contributed by atoms with E-state index in [2.05, 4.69) is 10.4 Å². The molecule has 0 atom stereocenters. The van der Waals surface area contributed by atoms with Gasteiger partial charge in [-0.3, -0.25) is 19.0 Å². The van der Waals surface area contributed by atoms with E-state index in [0.717, 1.165) is 30.2 Å². The third kappa shape index (κ3) is 3.95. The van der Waals surface area contributed by atoms with E-state index >= 15 is 0 Å². The fourth-order valence-electron chi connectivity index (χ4n) is 3.79. The van der Waals surface area contributed by atoms with Crippen LogP contribution in [0.4, 0.5) is 0 Å². The van der Waals surface area contributed by atoms with E-state index in [1.54, 1.807) is 15.5 Å². The Morgan fingerprint density at radius 1 is 1.23 bits per heavy atom. The molecule has 2 N–H and O–H groups in total. The number of nitrogens with one attached hydrogen (secondary N) is 1. The molecule has 31 heavy (non-hydrogen) atoms. The SMILES string of the molecule is O=C(NC1CC1)c1c(O)n(CC2CC2)c2c(/C=C/C(=O)N3CCOCC3)cnn2c1=O. The zero-order valence-corrected chi connectivity index (χ0v) is 17.1. The summed E-state index contributed by atoms with van der Waals surface area (Å²) in [5.74, 6) is -0.703. The highest BCUT2D eigenvalue weighted by atomic mass is 16.5. The second-order valence-electron chi connectivity index (χ2n) is 8.41. The molecular weight excluding hydrogens is 402 g/mol. The summed E-state index contributed by atoms with van der Waals surface area (Å²) in [6.07, 6.45) is 8.32. The third-order valence-corrected chi connectivity index (χ3v) is 5.92. The van der Waals surface area contributed by atoms with Crippen molar-refractivity contribution in [2.24, 2.45) is 5.92 Å². The van der Waals surface area contributed by atoms with Gasteiger partial charge in [0.2, 0.25) is 11.8 Å². The lowest BCUT2D eigenvalue weighted by Gasteiger charge is -2.25. The predicted molar refractivity (Wildman–Crippen MR) is 111 cm³/mol. The Hall–Kier alpha value is -3.14. The highest BCUT2D eigenvalue weighted by Gasteiger charge is 2.31. The number of rotatable bonds is 6. The summed E-state index contributed by atoms with van der Waals surface area (Å²) in [4.78, 5) is 39.8. The Morgan fingerprint density at radius 3 is 2.65 bits per heavy atom. The van der Waals surface area contributed by atoms with Crippen molar-refractivity contribution in [2.75, 3.05) is 26.3 Å². The Kier molecular flexibility index (Phi) is 5.01. The highest BCUT2D eigenvalue weighted by molar-refractivity contribution is 5.97. The van der Waals surface area contributed by atoms with Gasteiger partial charge in [-0.15, -0.1) is 0 Å². The van der Waals surface area contributed by atoms with Crippen LogP contribution in [0.2, 0.25) is 0 Å². The van der Waals surface area contributed by atoms with Crippen LogP contribution in [0, 0.1) is 5.92 Å². The van der Waals surface area contributed by atoms with Gasteiger partial charge in [0, 0.05) is 37.3 Å². The van der Waals surface area contributed by atoms with Gasteiger partial charge in [0.15, 0.2) is 5.56 Å². The molecule has 2 aromatic heterocycles. The van der Waals surface area contributed by atoms with Gasteiger partial charge in [0.1, 0.15) is 5.65 Å². The smallest absolute Gasteiger partial charge is 0.291 e. The molecule has 0 bridgehead atoms. The normalized spacial score (nSPS) is 19.3.